The second kappa shape index (κ2) is 8.89. The molecule has 6 rings (SSSR count). The Kier molecular flexibility index (Phi) is 5.40. The molecule has 1 aromatic carbocycles. The van der Waals surface area contributed by atoms with Crippen LogP contribution in [0, 0.1) is 5.82 Å². The molecule has 2 atom stereocenters. The molecule has 0 saturated carbocycles. The van der Waals surface area contributed by atoms with Crippen LogP contribution < -0.4 is 5.84 Å². The third kappa shape index (κ3) is 3.78. The molecular formula is C23H20FN11O2. The number of pyridine rings is 1. The van der Waals surface area contributed by atoms with E-state index in [2.05, 4.69) is 35.6 Å². The van der Waals surface area contributed by atoms with E-state index in [1.165, 1.54) is 22.0 Å². The van der Waals surface area contributed by atoms with Gasteiger partial charge >= 0.3 is 0 Å². The molecule has 0 aliphatic carbocycles. The van der Waals surface area contributed by atoms with Crippen LogP contribution in [0.4, 0.5) is 10.1 Å². The number of hydrogen-bond acceptors (Lipinski definition) is 7. The first-order valence-corrected chi connectivity index (χ1v) is 11.4. The van der Waals surface area contributed by atoms with Gasteiger partial charge in [0.1, 0.15) is 0 Å². The highest BCUT2D eigenvalue weighted by atomic mass is 19.1. The molecule has 2 fully saturated rings. The van der Waals surface area contributed by atoms with Gasteiger partial charge in [-0.05, 0) is 18.6 Å². The van der Waals surface area contributed by atoms with E-state index in [-0.39, 0.29) is 34.4 Å². The largest absolute Gasteiger partial charge is 0.357 e. The number of aromatic amines is 1. The number of guanidine groups is 1. The number of nitrogens with one attached hydrogen (secondary N) is 1. The minimum absolute atomic E-state index is 0.0227. The highest BCUT2D eigenvalue weighted by Gasteiger charge is 2.48. The number of amides is 1. The number of fused-ring (bicyclic) bond motifs is 3. The van der Waals surface area contributed by atoms with Crippen LogP contribution in [-0.4, -0.2) is 77.6 Å². The van der Waals surface area contributed by atoms with Gasteiger partial charge in [-0.1, -0.05) is 33.7 Å². The molecule has 3 aromatic heterocycles. The maximum absolute atomic E-state index is 14.8. The maximum Gasteiger partial charge on any atom is 0.295 e. The van der Waals surface area contributed by atoms with Gasteiger partial charge in [0, 0.05) is 19.3 Å². The van der Waals surface area contributed by atoms with E-state index in [1.807, 2.05) is 35.2 Å². The van der Waals surface area contributed by atoms with Gasteiger partial charge < -0.3 is 20.6 Å². The number of nitrogens with two attached hydrogens (primary N) is 1. The second-order valence-corrected chi connectivity index (χ2v) is 8.67. The van der Waals surface area contributed by atoms with Crippen molar-refractivity contribution in [2.45, 2.75) is 18.5 Å². The number of H-pyrrole nitrogens is 1. The smallest absolute Gasteiger partial charge is 0.295 e. The number of halogens is 1. The lowest BCUT2D eigenvalue weighted by molar-refractivity contribution is -0.128. The molecule has 186 valence electrons. The fourth-order valence-corrected chi connectivity index (χ4v) is 4.99. The SMILES string of the molecule is N/N=N\C(=Nc1ccccc1)N1C[C@@H]2C[C@H]1CN2C(=O)C(=O)c1c[nH]c2c(-n3ccnn3)ncc(F)c12. The summed E-state index contributed by atoms with van der Waals surface area (Å²) in [4.78, 5) is 41.5. The molecule has 1 amide bonds. The Labute approximate surface area is 208 Å². The molecule has 3 N–H and O–H groups in total. The summed E-state index contributed by atoms with van der Waals surface area (Å²) in [7, 11) is 0. The first-order chi connectivity index (χ1) is 18.0. The number of benzene rings is 1. The van der Waals surface area contributed by atoms with Crippen LogP contribution in [0.3, 0.4) is 0 Å². The van der Waals surface area contributed by atoms with Gasteiger partial charge in [0.2, 0.25) is 5.96 Å². The molecule has 2 saturated heterocycles. The van der Waals surface area contributed by atoms with Crippen LogP contribution in [0.5, 0.6) is 0 Å². The number of para-hydroxylation sites is 1. The summed E-state index contributed by atoms with van der Waals surface area (Å²) in [6, 6.07) is 8.91. The monoisotopic (exact) mass is 501 g/mol. The number of likely N-dealkylation sites (tertiary alicyclic amines) is 2. The standard InChI is InChI=1S/C23H20FN11O2/c24-17-10-27-21(35-7-6-28-32-35)19-18(17)16(9-26-19)20(36)22(37)33-11-15-8-14(33)12-34(15)23(30-31-25)29-13-4-2-1-3-5-13/h1-7,9-10,14-15,26H,8,11-12H2,(H2,25,29,30)/t14-,15-/m0/s1. The van der Waals surface area contributed by atoms with Crippen LogP contribution in [0.2, 0.25) is 0 Å². The Bertz CT molecular complexity index is 1550. The minimum Gasteiger partial charge on any atom is -0.357 e. The molecule has 14 heteroatoms. The molecule has 2 aliphatic heterocycles. The van der Waals surface area contributed by atoms with Crippen molar-refractivity contribution in [1.29, 1.82) is 0 Å². The van der Waals surface area contributed by atoms with E-state index in [0.717, 1.165) is 6.20 Å². The molecule has 0 unspecified atom stereocenters. The zero-order valence-corrected chi connectivity index (χ0v) is 19.3. The van der Waals surface area contributed by atoms with Crippen molar-refractivity contribution in [3.63, 3.8) is 0 Å². The average Bonchev–Trinajstić information content (AvgIpc) is 3.72. The van der Waals surface area contributed by atoms with Crippen molar-refractivity contribution in [1.82, 2.24) is 34.8 Å². The van der Waals surface area contributed by atoms with E-state index >= 15 is 0 Å². The molecule has 37 heavy (non-hydrogen) atoms. The number of Topliss-reactive ketones (excluding diaryl/α,β-unsaturated/α-hetero) is 1. The van der Waals surface area contributed by atoms with Crippen molar-refractivity contribution in [3.05, 3.63) is 66.5 Å². The van der Waals surface area contributed by atoms with E-state index < -0.39 is 17.5 Å². The molecule has 0 radical (unpaired) electrons. The van der Waals surface area contributed by atoms with Gasteiger partial charge in [-0.2, -0.15) is 0 Å². The Hall–Kier alpha value is -5.01. The summed E-state index contributed by atoms with van der Waals surface area (Å²) in [6.07, 6.45) is 5.94. The molecule has 0 spiro atoms. The van der Waals surface area contributed by atoms with Crippen LogP contribution in [-0.2, 0) is 4.79 Å². The summed E-state index contributed by atoms with van der Waals surface area (Å²) < 4.78 is 16.1. The van der Waals surface area contributed by atoms with Crippen molar-refractivity contribution in [2.75, 3.05) is 13.1 Å². The number of ketones is 1. The van der Waals surface area contributed by atoms with Gasteiger partial charge in [0.15, 0.2) is 11.6 Å². The van der Waals surface area contributed by atoms with Crippen LogP contribution in [0.25, 0.3) is 16.7 Å². The molecule has 4 aromatic rings. The van der Waals surface area contributed by atoms with Crippen molar-refractivity contribution >= 4 is 34.2 Å². The van der Waals surface area contributed by atoms with Crippen molar-refractivity contribution in [2.24, 2.45) is 21.2 Å². The molecule has 13 nitrogen and oxygen atoms in total. The Morgan fingerprint density at radius 1 is 1.14 bits per heavy atom. The minimum atomic E-state index is -0.806. The normalized spacial score (nSPS) is 19.4. The molecule has 5 heterocycles. The van der Waals surface area contributed by atoms with E-state index in [1.54, 1.807) is 6.20 Å². The summed E-state index contributed by atoms with van der Waals surface area (Å²) in [5.41, 5.74) is 0.866. The predicted molar refractivity (Wildman–Crippen MR) is 128 cm³/mol. The number of carbonyl (C=O) groups excluding carboxylic acids is 2. The number of rotatable bonds is 4. The summed E-state index contributed by atoms with van der Waals surface area (Å²) >= 11 is 0. The van der Waals surface area contributed by atoms with Gasteiger partial charge in [-0.15, -0.1) is 5.10 Å². The highest BCUT2D eigenvalue weighted by molar-refractivity contribution is 6.45. The first kappa shape index (κ1) is 22.5. The van der Waals surface area contributed by atoms with Gasteiger partial charge in [-0.3, -0.25) is 9.59 Å². The summed E-state index contributed by atoms with van der Waals surface area (Å²) in [6.45, 7) is 0.705. The fraction of sp³-hybridized carbons (Fsp3) is 0.217. The van der Waals surface area contributed by atoms with Gasteiger partial charge in [-0.25, -0.2) is 19.0 Å². The number of carbonyl (C=O) groups is 2. The number of aliphatic imine (C=N–C) groups is 1. The predicted octanol–water partition coefficient (Wildman–Crippen LogP) is 1.76. The van der Waals surface area contributed by atoms with Crippen LogP contribution >= 0.6 is 0 Å². The molecule has 2 bridgehead atoms. The number of hydrogen-bond donors (Lipinski definition) is 2. The zero-order valence-electron chi connectivity index (χ0n) is 19.3. The van der Waals surface area contributed by atoms with Crippen LogP contribution in [0.15, 0.2) is 70.4 Å². The fourth-order valence-electron chi connectivity index (χ4n) is 4.99. The molecular weight excluding hydrogens is 481 g/mol. The summed E-state index contributed by atoms with van der Waals surface area (Å²) in [5, 5.41) is 15.0. The Balaban J connectivity index is 1.24. The quantitative estimate of drug-likeness (QED) is 0.0818. The molecule has 2 aliphatic rings. The van der Waals surface area contributed by atoms with E-state index in [4.69, 9.17) is 5.84 Å². The average molecular weight is 501 g/mol. The van der Waals surface area contributed by atoms with Crippen LogP contribution in [0.1, 0.15) is 16.8 Å². The Morgan fingerprint density at radius 2 is 1.92 bits per heavy atom. The van der Waals surface area contributed by atoms with E-state index in [0.29, 0.717) is 31.2 Å². The highest BCUT2D eigenvalue weighted by Crippen LogP contribution is 2.33. The van der Waals surface area contributed by atoms with Crippen molar-refractivity contribution < 1.29 is 14.0 Å². The topological polar surface area (TPSA) is 163 Å². The number of nitrogens with zero attached hydrogens (tertiary/aromatic N) is 9. The second-order valence-electron chi connectivity index (χ2n) is 8.67. The first-order valence-electron chi connectivity index (χ1n) is 11.4. The summed E-state index contributed by atoms with van der Waals surface area (Å²) in [5.74, 6) is 3.68. The third-order valence-electron chi connectivity index (χ3n) is 6.61. The maximum atomic E-state index is 14.8. The Morgan fingerprint density at radius 3 is 2.62 bits per heavy atom. The lowest BCUT2D eigenvalue weighted by atomic mass is 10.1. The zero-order chi connectivity index (χ0) is 25.5. The third-order valence-corrected chi connectivity index (χ3v) is 6.61. The lowest BCUT2D eigenvalue weighted by Gasteiger charge is -2.34. The van der Waals surface area contributed by atoms with Gasteiger partial charge in [0.25, 0.3) is 11.7 Å². The number of piperazine rings is 1. The van der Waals surface area contributed by atoms with E-state index in [9.17, 15) is 14.0 Å². The van der Waals surface area contributed by atoms with Gasteiger partial charge in [0.05, 0.1) is 52.8 Å². The number of aromatic nitrogens is 5. The lowest BCUT2D eigenvalue weighted by Crippen LogP contribution is -2.52. The van der Waals surface area contributed by atoms with Crippen molar-refractivity contribution in [3.8, 4) is 5.82 Å².